The molecule has 0 unspecified atom stereocenters. The molecular formula is C22H30O2Si. The van der Waals surface area contributed by atoms with Gasteiger partial charge in [-0.15, -0.1) is 0 Å². The van der Waals surface area contributed by atoms with Crippen LogP contribution in [0.15, 0.2) is 60.7 Å². The van der Waals surface area contributed by atoms with E-state index >= 15 is 0 Å². The number of ether oxygens (including phenoxy) is 1. The molecule has 0 bridgehead atoms. The SMILES string of the molecule is CC[C@H]1O[C@@H]1CCO[Si](c1ccccc1)(c1ccccc1)C(C)(C)C. The van der Waals surface area contributed by atoms with Crippen molar-refractivity contribution in [1.82, 2.24) is 0 Å². The summed E-state index contributed by atoms with van der Waals surface area (Å²) in [5, 5.41) is 2.74. The van der Waals surface area contributed by atoms with E-state index in [1.165, 1.54) is 10.4 Å². The molecule has 0 N–H and O–H groups in total. The Bertz CT molecular complexity index is 624. The summed E-state index contributed by atoms with van der Waals surface area (Å²) >= 11 is 0. The Hall–Kier alpha value is -1.42. The molecule has 3 rings (SSSR count). The lowest BCUT2D eigenvalue weighted by Crippen LogP contribution is -2.66. The zero-order chi connectivity index (χ0) is 17.9. The first-order chi connectivity index (χ1) is 12.0. The zero-order valence-electron chi connectivity index (χ0n) is 15.9. The average molecular weight is 355 g/mol. The number of epoxide rings is 1. The zero-order valence-corrected chi connectivity index (χ0v) is 16.9. The minimum absolute atomic E-state index is 0.0459. The summed E-state index contributed by atoms with van der Waals surface area (Å²) in [7, 11) is -2.38. The van der Waals surface area contributed by atoms with Crippen molar-refractivity contribution in [3.8, 4) is 0 Å². The van der Waals surface area contributed by atoms with Crippen LogP contribution in [0.4, 0.5) is 0 Å². The normalized spacial score (nSPS) is 20.5. The van der Waals surface area contributed by atoms with Crippen molar-refractivity contribution in [2.75, 3.05) is 6.61 Å². The smallest absolute Gasteiger partial charge is 0.261 e. The van der Waals surface area contributed by atoms with Crippen molar-refractivity contribution < 1.29 is 9.16 Å². The maximum absolute atomic E-state index is 6.87. The molecule has 1 fully saturated rings. The first kappa shape index (κ1) is 18.4. The summed E-state index contributed by atoms with van der Waals surface area (Å²) < 4.78 is 12.6. The van der Waals surface area contributed by atoms with Gasteiger partial charge in [0.25, 0.3) is 8.32 Å². The molecule has 0 saturated carbocycles. The number of hydrogen-bond acceptors (Lipinski definition) is 2. The molecule has 2 aromatic carbocycles. The Kier molecular flexibility index (Phi) is 5.47. The van der Waals surface area contributed by atoms with Gasteiger partial charge >= 0.3 is 0 Å². The maximum atomic E-state index is 6.87. The second-order valence-corrected chi connectivity index (χ2v) is 12.2. The topological polar surface area (TPSA) is 21.8 Å². The van der Waals surface area contributed by atoms with Crippen LogP contribution in [-0.4, -0.2) is 27.1 Å². The minimum atomic E-state index is -2.38. The van der Waals surface area contributed by atoms with E-state index in [-0.39, 0.29) is 5.04 Å². The van der Waals surface area contributed by atoms with E-state index in [0.29, 0.717) is 12.2 Å². The molecule has 1 saturated heterocycles. The van der Waals surface area contributed by atoms with Gasteiger partial charge in [0.2, 0.25) is 0 Å². The molecule has 0 aromatic heterocycles. The number of rotatable bonds is 7. The van der Waals surface area contributed by atoms with Crippen LogP contribution in [0.2, 0.25) is 5.04 Å². The van der Waals surface area contributed by atoms with E-state index in [9.17, 15) is 0 Å². The molecule has 0 aliphatic carbocycles. The van der Waals surface area contributed by atoms with E-state index in [2.05, 4.69) is 88.4 Å². The predicted molar refractivity (Wildman–Crippen MR) is 107 cm³/mol. The average Bonchev–Trinajstić information content (AvgIpc) is 3.38. The third-order valence-corrected chi connectivity index (χ3v) is 10.3. The molecule has 1 aliphatic rings. The fourth-order valence-electron chi connectivity index (χ4n) is 3.88. The Balaban J connectivity index is 1.94. The van der Waals surface area contributed by atoms with Crippen molar-refractivity contribution in [2.24, 2.45) is 0 Å². The third kappa shape index (κ3) is 3.74. The van der Waals surface area contributed by atoms with Crippen LogP contribution in [-0.2, 0) is 9.16 Å². The van der Waals surface area contributed by atoms with Gasteiger partial charge in [-0.25, -0.2) is 0 Å². The van der Waals surface area contributed by atoms with E-state index in [1.54, 1.807) is 0 Å². The van der Waals surface area contributed by atoms with Gasteiger partial charge in [0.15, 0.2) is 0 Å². The standard InChI is InChI=1S/C22H30O2Si/c1-5-20-21(24-20)16-17-23-25(22(2,3)4,18-12-8-6-9-13-18)19-14-10-7-11-15-19/h6-15,20-21H,5,16-17H2,1-4H3/t20-,21-/m1/s1. The molecular weight excluding hydrogens is 324 g/mol. The third-order valence-electron chi connectivity index (χ3n) is 5.23. The second kappa shape index (κ2) is 7.44. The predicted octanol–water partition coefficient (Wildman–Crippen LogP) is 4.13. The molecule has 25 heavy (non-hydrogen) atoms. The van der Waals surface area contributed by atoms with Crippen molar-refractivity contribution in [3.63, 3.8) is 0 Å². The Morgan fingerprint density at radius 3 is 1.80 bits per heavy atom. The Morgan fingerprint density at radius 1 is 0.880 bits per heavy atom. The van der Waals surface area contributed by atoms with Gasteiger partial charge in [-0.1, -0.05) is 88.4 Å². The van der Waals surface area contributed by atoms with Gasteiger partial charge in [0.05, 0.1) is 12.2 Å². The van der Waals surface area contributed by atoms with Gasteiger partial charge in [-0.05, 0) is 28.3 Å². The van der Waals surface area contributed by atoms with Crippen LogP contribution in [0.5, 0.6) is 0 Å². The summed E-state index contributed by atoms with van der Waals surface area (Å²) in [6, 6.07) is 21.7. The number of benzene rings is 2. The maximum Gasteiger partial charge on any atom is 0.261 e. The molecule has 2 nitrogen and oxygen atoms in total. The van der Waals surface area contributed by atoms with Gasteiger partial charge in [0.1, 0.15) is 0 Å². The van der Waals surface area contributed by atoms with Crippen LogP contribution in [0.3, 0.4) is 0 Å². The summed E-state index contributed by atoms with van der Waals surface area (Å²) in [6.45, 7) is 9.91. The van der Waals surface area contributed by atoms with Gasteiger partial charge in [0, 0.05) is 6.61 Å². The highest BCUT2D eigenvalue weighted by Crippen LogP contribution is 2.37. The molecule has 2 aromatic rings. The van der Waals surface area contributed by atoms with Crippen LogP contribution in [0, 0.1) is 0 Å². The molecule has 0 amide bonds. The van der Waals surface area contributed by atoms with E-state index in [4.69, 9.17) is 9.16 Å². The van der Waals surface area contributed by atoms with Crippen LogP contribution >= 0.6 is 0 Å². The first-order valence-electron chi connectivity index (χ1n) is 9.39. The number of hydrogen-bond donors (Lipinski definition) is 0. The molecule has 2 atom stereocenters. The van der Waals surface area contributed by atoms with Gasteiger partial charge in [-0.2, -0.15) is 0 Å². The quantitative estimate of drug-likeness (QED) is 0.551. The minimum Gasteiger partial charge on any atom is -0.407 e. The highest BCUT2D eigenvalue weighted by Gasteiger charge is 2.50. The van der Waals surface area contributed by atoms with Crippen LogP contribution in [0.25, 0.3) is 0 Å². The lowest BCUT2D eigenvalue weighted by Gasteiger charge is -2.43. The van der Waals surface area contributed by atoms with Crippen LogP contribution < -0.4 is 10.4 Å². The molecule has 0 radical (unpaired) electrons. The fourth-order valence-corrected chi connectivity index (χ4v) is 8.46. The monoisotopic (exact) mass is 354 g/mol. The van der Waals surface area contributed by atoms with Gasteiger partial charge in [-0.3, -0.25) is 0 Å². The molecule has 1 heterocycles. The largest absolute Gasteiger partial charge is 0.407 e. The van der Waals surface area contributed by atoms with Crippen molar-refractivity contribution in [1.29, 1.82) is 0 Å². The molecule has 3 heteroatoms. The van der Waals surface area contributed by atoms with Gasteiger partial charge < -0.3 is 9.16 Å². The molecule has 1 aliphatic heterocycles. The fraction of sp³-hybridized carbons (Fsp3) is 0.455. The van der Waals surface area contributed by atoms with E-state index in [1.807, 2.05) is 0 Å². The van der Waals surface area contributed by atoms with E-state index in [0.717, 1.165) is 19.4 Å². The van der Waals surface area contributed by atoms with Crippen LogP contribution in [0.1, 0.15) is 40.5 Å². The first-order valence-corrected chi connectivity index (χ1v) is 11.3. The van der Waals surface area contributed by atoms with E-state index < -0.39 is 8.32 Å². The highest BCUT2D eigenvalue weighted by atomic mass is 28.4. The van der Waals surface area contributed by atoms with Crippen molar-refractivity contribution in [3.05, 3.63) is 60.7 Å². The molecule has 134 valence electrons. The summed E-state index contributed by atoms with van der Waals surface area (Å²) in [6.07, 6.45) is 2.93. The Morgan fingerprint density at radius 2 is 1.40 bits per heavy atom. The summed E-state index contributed by atoms with van der Waals surface area (Å²) in [5.74, 6) is 0. The second-order valence-electron chi connectivity index (χ2n) is 7.92. The summed E-state index contributed by atoms with van der Waals surface area (Å²) in [4.78, 5) is 0. The molecule has 0 spiro atoms. The van der Waals surface area contributed by atoms with Crippen molar-refractivity contribution in [2.45, 2.75) is 57.8 Å². The lowest BCUT2D eigenvalue weighted by atomic mass is 10.2. The Labute approximate surface area is 153 Å². The lowest BCUT2D eigenvalue weighted by molar-refractivity contribution is 0.267. The summed E-state index contributed by atoms with van der Waals surface area (Å²) in [5.41, 5.74) is 0. The highest BCUT2D eigenvalue weighted by molar-refractivity contribution is 6.99. The van der Waals surface area contributed by atoms with Crippen molar-refractivity contribution >= 4 is 18.7 Å².